The normalized spacial score (nSPS) is 12.9. The Labute approximate surface area is 77.6 Å². The predicted octanol–water partition coefficient (Wildman–Crippen LogP) is 3.02. The van der Waals surface area contributed by atoms with E-state index in [2.05, 4.69) is 13.8 Å². The van der Waals surface area contributed by atoms with Crippen molar-refractivity contribution in [3.8, 4) is 0 Å². The minimum Gasteiger partial charge on any atom is -0.300 e. The summed E-state index contributed by atoms with van der Waals surface area (Å²) < 4.78 is 12.8. The molecule has 0 heterocycles. The molecule has 0 aliphatic rings. The highest BCUT2D eigenvalue weighted by Gasteiger charge is 2.07. The Bertz CT molecular complexity index is 277. The third kappa shape index (κ3) is 2.38. The van der Waals surface area contributed by atoms with Gasteiger partial charge < -0.3 is 0 Å². The van der Waals surface area contributed by atoms with Crippen LogP contribution in [-0.2, 0) is 4.79 Å². The maximum Gasteiger partial charge on any atom is 0.180 e. The molecule has 1 atom stereocenters. The Morgan fingerprint density at radius 1 is 1.15 bits per heavy atom. The molecule has 1 rings (SSSR count). The Kier molecular flexibility index (Phi) is 3.18. The van der Waals surface area contributed by atoms with Crippen LogP contribution in [-0.4, -0.2) is 6.29 Å². The van der Waals surface area contributed by atoms with Gasteiger partial charge in [0.15, 0.2) is 12.5 Å². The first-order chi connectivity index (χ1) is 6.15. The number of rotatable bonds is 3. The van der Waals surface area contributed by atoms with Crippen molar-refractivity contribution in [2.75, 3.05) is 0 Å². The standard InChI is InChI=1S/C11H13FO/c1-8(2)9-3-5-10(6-4-9)11(12)7-13/h3-8,11H,1-2H3. The van der Waals surface area contributed by atoms with Crippen molar-refractivity contribution in [3.05, 3.63) is 35.4 Å². The molecule has 1 aromatic rings. The number of benzene rings is 1. The molecule has 0 aliphatic carbocycles. The van der Waals surface area contributed by atoms with Gasteiger partial charge in [-0.15, -0.1) is 0 Å². The maximum atomic E-state index is 12.8. The van der Waals surface area contributed by atoms with E-state index in [-0.39, 0.29) is 0 Å². The molecule has 13 heavy (non-hydrogen) atoms. The van der Waals surface area contributed by atoms with E-state index in [9.17, 15) is 9.18 Å². The van der Waals surface area contributed by atoms with Crippen LogP contribution in [0.4, 0.5) is 4.39 Å². The molecule has 0 saturated heterocycles. The Morgan fingerprint density at radius 3 is 2.00 bits per heavy atom. The van der Waals surface area contributed by atoms with Gasteiger partial charge in [0, 0.05) is 0 Å². The number of carbonyl (C=O) groups excluding carboxylic acids is 1. The van der Waals surface area contributed by atoms with Gasteiger partial charge in [0.2, 0.25) is 0 Å². The fourth-order valence-electron chi connectivity index (χ4n) is 1.14. The second-order valence-electron chi connectivity index (χ2n) is 3.36. The minimum absolute atomic E-state index is 0.310. The second-order valence-corrected chi connectivity index (χ2v) is 3.36. The van der Waals surface area contributed by atoms with Gasteiger partial charge in [-0.05, 0) is 17.0 Å². The minimum atomic E-state index is -1.48. The summed E-state index contributed by atoms with van der Waals surface area (Å²) in [7, 11) is 0. The Morgan fingerprint density at radius 2 is 1.62 bits per heavy atom. The van der Waals surface area contributed by atoms with Gasteiger partial charge >= 0.3 is 0 Å². The van der Waals surface area contributed by atoms with E-state index < -0.39 is 6.17 Å². The van der Waals surface area contributed by atoms with Crippen LogP contribution in [0.3, 0.4) is 0 Å². The number of halogens is 1. The van der Waals surface area contributed by atoms with Gasteiger partial charge in [-0.25, -0.2) is 4.39 Å². The predicted molar refractivity (Wildman–Crippen MR) is 50.4 cm³/mol. The van der Waals surface area contributed by atoms with E-state index in [0.29, 0.717) is 17.8 Å². The average Bonchev–Trinajstić information content (AvgIpc) is 2.17. The molecule has 0 N–H and O–H groups in total. The van der Waals surface area contributed by atoms with Crippen LogP contribution in [0.2, 0.25) is 0 Å². The fourth-order valence-corrected chi connectivity index (χ4v) is 1.14. The molecule has 0 aromatic heterocycles. The van der Waals surface area contributed by atoms with Crippen LogP contribution in [0, 0.1) is 0 Å². The smallest absolute Gasteiger partial charge is 0.180 e. The van der Waals surface area contributed by atoms with Crippen LogP contribution in [0.5, 0.6) is 0 Å². The summed E-state index contributed by atoms with van der Waals surface area (Å²) in [5, 5.41) is 0. The SMILES string of the molecule is CC(C)c1ccc(C(F)C=O)cc1. The molecule has 0 saturated carbocycles. The number of carbonyl (C=O) groups is 1. The molecular weight excluding hydrogens is 167 g/mol. The molecule has 1 unspecified atom stereocenters. The van der Waals surface area contributed by atoms with Crippen molar-refractivity contribution in [2.45, 2.75) is 25.9 Å². The molecule has 0 fully saturated rings. The van der Waals surface area contributed by atoms with Gasteiger partial charge in [0.1, 0.15) is 0 Å². The summed E-state index contributed by atoms with van der Waals surface area (Å²) in [6.45, 7) is 4.14. The van der Waals surface area contributed by atoms with Crippen molar-refractivity contribution < 1.29 is 9.18 Å². The summed E-state index contributed by atoms with van der Waals surface area (Å²) in [5.74, 6) is 0.434. The maximum absolute atomic E-state index is 12.8. The zero-order valence-electron chi connectivity index (χ0n) is 7.83. The van der Waals surface area contributed by atoms with Gasteiger partial charge in [0.25, 0.3) is 0 Å². The quantitative estimate of drug-likeness (QED) is 0.653. The first kappa shape index (κ1) is 9.90. The molecular formula is C11H13FO. The fraction of sp³-hybridized carbons (Fsp3) is 0.364. The van der Waals surface area contributed by atoms with Crippen LogP contribution < -0.4 is 0 Å². The number of hydrogen-bond acceptors (Lipinski definition) is 1. The summed E-state index contributed by atoms with van der Waals surface area (Å²) in [6.07, 6.45) is -1.18. The largest absolute Gasteiger partial charge is 0.300 e. The molecule has 1 aromatic carbocycles. The van der Waals surface area contributed by atoms with Gasteiger partial charge in [0.05, 0.1) is 0 Å². The van der Waals surface area contributed by atoms with Gasteiger partial charge in [-0.3, -0.25) is 4.79 Å². The first-order valence-electron chi connectivity index (χ1n) is 4.34. The molecule has 0 bridgehead atoms. The van der Waals surface area contributed by atoms with Crippen molar-refractivity contribution >= 4 is 6.29 Å². The van der Waals surface area contributed by atoms with E-state index in [1.807, 2.05) is 12.1 Å². The highest BCUT2D eigenvalue weighted by atomic mass is 19.1. The zero-order valence-corrected chi connectivity index (χ0v) is 7.83. The van der Waals surface area contributed by atoms with E-state index in [4.69, 9.17) is 0 Å². The Balaban J connectivity index is 2.87. The summed E-state index contributed by atoms with van der Waals surface area (Å²) in [4.78, 5) is 10.1. The molecule has 0 aliphatic heterocycles. The molecule has 70 valence electrons. The summed E-state index contributed by atoms with van der Waals surface area (Å²) in [5.41, 5.74) is 1.58. The highest BCUT2D eigenvalue weighted by molar-refractivity contribution is 5.59. The van der Waals surface area contributed by atoms with Crippen LogP contribution in [0.25, 0.3) is 0 Å². The van der Waals surface area contributed by atoms with Crippen molar-refractivity contribution in [1.82, 2.24) is 0 Å². The number of aldehydes is 1. The van der Waals surface area contributed by atoms with E-state index in [1.54, 1.807) is 12.1 Å². The molecule has 0 amide bonds. The van der Waals surface area contributed by atoms with Gasteiger partial charge in [-0.2, -0.15) is 0 Å². The topological polar surface area (TPSA) is 17.1 Å². The van der Waals surface area contributed by atoms with Crippen molar-refractivity contribution in [3.63, 3.8) is 0 Å². The third-order valence-electron chi connectivity index (χ3n) is 2.04. The number of hydrogen-bond donors (Lipinski definition) is 0. The molecule has 2 heteroatoms. The average molecular weight is 180 g/mol. The lowest BCUT2D eigenvalue weighted by atomic mass is 10.0. The molecule has 1 nitrogen and oxygen atoms in total. The lowest BCUT2D eigenvalue weighted by Gasteiger charge is -2.06. The second kappa shape index (κ2) is 4.17. The highest BCUT2D eigenvalue weighted by Crippen LogP contribution is 2.19. The van der Waals surface area contributed by atoms with Crippen LogP contribution in [0.1, 0.15) is 37.1 Å². The Hall–Kier alpha value is -1.18. The van der Waals surface area contributed by atoms with Crippen LogP contribution in [0.15, 0.2) is 24.3 Å². The van der Waals surface area contributed by atoms with E-state index in [0.717, 1.165) is 5.56 Å². The van der Waals surface area contributed by atoms with Crippen molar-refractivity contribution in [2.24, 2.45) is 0 Å². The molecule has 0 radical (unpaired) electrons. The number of alkyl halides is 1. The first-order valence-corrected chi connectivity index (χ1v) is 4.34. The summed E-state index contributed by atoms with van der Waals surface area (Å²) >= 11 is 0. The van der Waals surface area contributed by atoms with Crippen LogP contribution >= 0.6 is 0 Å². The summed E-state index contributed by atoms with van der Waals surface area (Å²) in [6, 6.07) is 7.04. The zero-order chi connectivity index (χ0) is 9.84. The van der Waals surface area contributed by atoms with E-state index >= 15 is 0 Å². The van der Waals surface area contributed by atoms with E-state index in [1.165, 1.54) is 0 Å². The molecule has 0 spiro atoms. The van der Waals surface area contributed by atoms with Crippen molar-refractivity contribution in [1.29, 1.82) is 0 Å². The lowest BCUT2D eigenvalue weighted by Crippen LogP contribution is -1.93. The lowest BCUT2D eigenvalue weighted by molar-refractivity contribution is -0.112. The van der Waals surface area contributed by atoms with Gasteiger partial charge in [-0.1, -0.05) is 38.1 Å². The third-order valence-corrected chi connectivity index (χ3v) is 2.04. The monoisotopic (exact) mass is 180 g/mol.